The van der Waals surface area contributed by atoms with Gasteiger partial charge in [-0.1, -0.05) is 30.3 Å². The number of hydrogen-bond acceptors (Lipinski definition) is 4. The molecule has 1 aromatic carbocycles. The second kappa shape index (κ2) is 8.08. The monoisotopic (exact) mass is 328 g/mol. The van der Waals surface area contributed by atoms with Crippen LogP contribution in [0.2, 0.25) is 0 Å². The molecule has 1 N–H and O–H groups in total. The molecule has 1 fully saturated rings. The largest absolute Gasteiger partial charge is 0.379 e. The van der Waals surface area contributed by atoms with Crippen LogP contribution in [-0.2, 0) is 16.6 Å². The molecule has 2 heterocycles. The van der Waals surface area contributed by atoms with Crippen LogP contribution in [0.3, 0.4) is 0 Å². The number of nitrogens with zero attached hydrogens (tertiary/aromatic N) is 3. The second-order valence-electron chi connectivity index (χ2n) is 6.01. The SMILES string of the molecule is Cn1ccnc1C(NC(=O)CCN1CCOCC1)c1ccccc1. The van der Waals surface area contributed by atoms with E-state index >= 15 is 0 Å². The third kappa shape index (κ3) is 4.21. The lowest BCUT2D eigenvalue weighted by Crippen LogP contribution is -2.39. The van der Waals surface area contributed by atoms with Gasteiger partial charge in [-0.25, -0.2) is 4.98 Å². The van der Waals surface area contributed by atoms with Gasteiger partial charge in [0.2, 0.25) is 5.91 Å². The van der Waals surface area contributed by atoms with Crippen molar-refractivity contribution in [2.75, 3.05) is 32.8 Å². The van der Waals surface area contributed by atoms with E-state index in [0.29, 0.717) is 6.42 Å². The summed E-state index contributed by atoms with van der Waals surface area (Å²) in [6.07, 6.45) is 4.13. The number of morpholine rings is 1. The zero-order valence-corrected chi connectivity index (χ0v) is 14.0. The third-order valence-electron chi connectivity index (χ3n) is 4.31. The number of aryl methyl sites for hydroxylation is 1. The molecule has 0 bridgehead atoms. The molecule has 0 aliphatic carbocycles. The molecule has 1 atom stereocenters. The van der Waals surface area contributed by atoms with Gasteiger partial charge in [0.05, 0.1) is 13.2 Å². The minimum Gasteiger partial charge on any atom is -0.379 e. The highest BCUT2D eigenvalue weighted by Crippen LogP contribution is 2.20. The summed E-state index contributed by atoms with van der Waals surface area (Å²) in [6, 6.07) is 9.72. The van der Waals surface area contributed by atoms with Crippen molar-refractivity contribution in [1.29, 1.82) is 0 Å². The van der Waals surface area contributed by atoms with E-state index in [1.165, 1.54) is 0 Å². The Morgan fingerprint density at radius 1 is 1.29 bits per heavy atom. The Morgan fingerprint density at radius 2 is 2.04 bits per heavy atom. The minimum atomic E-state index is -0.233. The summed E-state index contributed by atoms with van der Waals surface area (Å²) in [5, 5.41) is 3.14. The summed E-state index contributed by atoms with van der Waals surface area (Å²) in [5.41, 5.74) is 1.03. The molecule has 128 valence electrons. The van der Waals surface area contributed by atoms with Gasteiger partial charge in [0.15, 0.2) is 0 Å². The van der Waals surface area contributed by atoms with E-state index in [-0.39, 0.29) is 11.9 Å². The van der Waals surface area contributed by atoms with Gasteiger partial charge in [-0.3, -0.25) is 9.69 Å². The quantitative estimate of drug-likeness (QED) is 0.869. The molecule has 1 aliphatic rings. The van der Waals surface area contributed by atoms with Gasteiger partial charge in [-0.05, 0) is 5.56 Å². The number of benzene rings is 1. The fourth-order valence-corrected chi connectivity index (χ4v) is 2.92. The standard InChI is InChI=1S/C18H24N4O2/c1-21-10-8-19-18(21)17(15-5-3-2-4-6-15)20-16(23)7-9-22-11-13-24-14-12-22/h2-6,8,10,17H,7,9,11-14H2,1H3,(H,20,23). The number of rotatable bonds is 6. The highest BCUT2D eigenvalue weighted by molar-refractivity contribution is 5.77. The Morgan fingerprint density at radius 3 is 2.71 bits per heavy atom. The van der Waals surface area contributed by atoms with Gasteiger partial charge < -0.3 is 14.6 Å². The van der Waals surface area contributed by atoms with Crippen LogP contribution >= 0.6 is 0 Å². The Bertz CT molecular complexity index is 650. The summed E-state index contributed by atoms with van der Waals surface area (Å²) >= 11 is 0. The van der Waals surface area contributed by atoms with Crippen LogP contribution in [0.5, 0.6) is 0 Å². The van der Waals surface area contributed by atoms with Crippen LogP contribution in [-0.4, -0.2) is 53.2 Å². The molecule has 0 radical (unpaired) electrons. The van der Waals surface area contributed by atoms with Gasteiger partial charge >= 0.3 is 0 Å². The molecule has 1 unspecified atom stereocenters. The number of aromatic nitrogens is 2. The van der Waals surface area contributed by atoms with Gasteiger partial charge in [-0.2, -0.15) is 0 Å². The van der Waals surface area contributed by atoms with Crippen LogP contribution in [0.15, 0.2) is 42.7 Å². The first-order valence-electron chi connectivity index (χ1n) is 8.35. The fourth-order valence-electron chi connectivity index (χ4n) is 2.92. The van der Waals surface area contributed by atoms with E-state index in [1.54, 1.807) is 6.20 Å². The first-order chi connectivity index (χ1) is 11.7. The first-order valence-corrected chi connectivity index (χ1v) is 8.35. The van der Waals surface area contributed by atoms with Crippen LogP contribution in [0.4, 0.5) is 0 Å². The number of ether oxygens (including phenoxy) is 1. The van der Waals surface area contributed by atoms with Crippen molar-refractivity contribution in [3.63, 3.8) is 0 Å². The molecular weight excluding hydrogens is 304 g/mol. The number of carbonyl (C=O) groups excluding carboxylic acids is 1. The van der Waals surface area contributed by atoms with Crippen LogP contribution < -0.4 is 5.32 Å². The lowest BCUT2D eigenvalue weighted by atomic mass is 10.1. The molecule has 24 heavy (non-hydrogen) atoms. The Balaban J connectivity index is 1.65. The Labute approximate surface area is 142 Å². The van der Waals surface area contributed by atoms with Crippen LogP contribution in [0.1, 0.15) is 23.9 Å². The molecular formula is C18H24N4O2. The number of carbonyl (C=O) groups is 1. The van der Waals surface area contributed by atoms with Crippen molar-refractivity contribution < 1.29 is 9.53 Å². The highest BCUT2D eigenvalue weighted by Gasteiger charge is 2.21. The van der Waals surface area contributed by atoms with Gasteiger partial charge in [0.25, 0.3) is 0 Å². The molecule has 3 rings (SSSR count). The van der Waals surface area contributed by atoms with Crippen molar-refractivity contribution in [3.8, 4) is 0 Å². The second-order valence-corrected chi connectivity index (χ2v) is 6.01. The van der Waals surface area contributed by atoms with E-state index < -0.39 is 0 Å². The van der Waals surface area contributed by atoms with Crippen molar-refractivity contribution in [1.82, 2.24) is 19.8 Å². The predicted octanol–water partition coefficient (Wildman–Crippen LogP) is 1.35. The summed E-state index contributed by atoms with van der Waals surface area (Å²) < 4.78 is 7.28. The van der Waals surface area contributed by atoms with Gasteiger partial charge in [0, 0.05) is 45.5 Å². The molecule has 6 nitrogen and oxygen atoms in total. The number of hydrogen-bond donors (Lipinski definition) is 1. The first kappa shape index (κ1) is 16.7. The predicted molar refractivity (Wildman–Crippen MR) is 91.5 cm³/mol. The van der Waals surface area contributed by atoms with Crippen LogP contribution in [0, 0.1) is 0 Å². The topological polar surface area (TPSA) is 59.4 Å². The number of nitrogens with one attached hydrogen (secondary N) is 1. The molecule has 6 heteroatoms. The Hall–Kier alpha value is -2.18. The lowest BCUT2D eigenvalue weighted by Gasteiger charge is -2.26. The van der Waals surface area contributed by atoms with E-state index in [1.807, 2.05) is 48.1 Å². The molecule has 2 aromatic rings. The molecule has 1 amide bonds. The molecule has 1 saturated heterocycles. The van der Waals surface area contributed by atoms with Gasteiger partial charge in [-0.15, -0.1) is 0 Å². The number of imidazole rings is 1. The van der Waals surface area contributed by atoms with E-state index in [4.69, 9.17) is 4.74 Å². The van der Waals surface area contributed by atoms with Gasteiger partial charge in [0.1, 0.15) is 11.9 Å². The van der Waals surface area contributed by atoms with E-state index in [9.17, 15) is 4.79 Å². The zero-order valence-electron chi connectivity index (χ0n) is 14.0. The highest BCUT2D eigenvalue weighted by atomic mass is 16.5. The smallest absolute Gasteiger partial charge is 0.222 e. The third-order valence-corrected chi connectivity index (χ3v) is 4.31. The molecule has 0 spiro atoms. The maximum atomic E-state index is 12.5. The summed E-state index contributed by atoms with van der Waals surface area (Å²) in [7, 11) is 1.94. The van der Waals surface area contributed by atoms with Crippen molar-refractivity contribution in [2.24, 2.45) is 7.05 Å². The minimum absolute atomic E-state index is 0.0401. The van der Waals surface area contributed by atoms with E-state index in [0.717, 1.165) is 44.2 Å². The molecule has 1 aromatic heterocycles. The normalized spacial score (nSPS) is 16.7. The van der Waals surface area contributed by atoms with Crippen molar-refractivity contribution >= 4 is 5.91 Å². The number of amides is 1. The van der Waals surface area contributed by atoms with Crippen LogP contribution in [0.25, 0.3) is 0 Å². The maximum absolute atomic E-state index is 12.5. The summed E-state index contributed by atoms with van der Waals surface area (Å²) in [5.74, 6) is 0.874. The summed E-state index contributed by atoms with van der Waals surface area (Å²) in [6.45, 7) is 4.06. The average molecular weight is 328 g/mol. The maximum Gasteiger partial charge on any atom is 0.222 e. The average Bonchev–Trinajstić information content (AvgIpc) is 3.05. The van der Waals surface area contributed by atoms with Crippen molar-refractivity contribution in [2.45, 2.75) is 12.5 Å². The van der Waals surface area contributed by atoms with E-state index in [2.05, 4.69) is 15.2 Å². The molecule has 0 saturated carbocycles. The lowest BCUT2D eigenvalue weighted by molar-refractivity contribution is -0.122. The summed E-state index contributed by atoms with van der Waals surface area (Å²) in [4.78, 5) is 19.2. The molecule has 1 aliphatic heterocycles. The fraction of sp³-hybridized carbons (Fsp3) is 0.444. The zero-order chi connectivity index (χ0) is 16.8. The Kier molecular flexibility index (Phi) is 5.61. The van der Waals surface area contributed by atoms with Crippen molar-refractivity contribution in [3.05, 3.63) is 54.1 Å².